The van der Waals surface area contributed by atoms with Crippen LogP contribution in [0, 0.1) is 11.6 Å². The van der Waals surface area contributed by atoms with Gasteiger partial charge in [0.25, 0.3) is 5.56 Å². The first-order valence-electron chi connectivity index (χ1n) is 9.80. The highest BCUT2D eigenvalue weighted by atomic mass is 19.2. The number of hydrogen-bond acceptors (Lipinski definition) is 5. The Morgan fingerprint density at radius 1 is 1.23 bits per heavy atom. The number of aromatic amines is 1. The van der Waals surface area contributed by atoms with Crippen molar-refractivity contribution in [1.29, 1.82) is 0 Å². The van der Waals surface area contributed by atoms with Gasteiger partial charge >= 0.3 is 0 Å². The molecule has 30 heavy (non-hydrogen) atoms. The highest BCUT2D eigenvalue weighted by molar-refractivity contribution is 6.04. The van der Waals surface area contributed by atoms with Crippen molar-refractivity contribution in [2.24, 2.45) is 0 Å². The largest absolute Gasteiger partial charge is 0.340 e. The summed E-state index contributed by atoms with van der Waals surface area (Å²) in [5.74, 6) is -4.00. The van der Waals surface area contributed by atoms with Crippen molar-refractivity contribution in [2.75, 3.05) is 22.1 Å². The van der Waals surface area contributed by atoms with E-state index in [1.54, 1.807) is 0 Å². The van der Waals surface area contributed by atoms with Gasteiger partial charge in [-0.3, -0.25) is 19.4 Å². The van der Waals surface area contributed by atoms with Crippen molar-refractivity contribution >= 4 is 29.3 Å². The number of hydrogen-bond donors (Lipinski definition) is 3. The van der Waals surface area contributed by atoms with Crippen LogP contribution in [0.5, 0.6) is 0 Å². The fourth-order valence-electron chi connectivity index (χ4n) is 3.94. The van der Waals surface area contributed by atoms with Crippen molar-refractivity contribution in [1.82, 2.24) is 9.97 Å². The normalized spacial score (nSPS) is 21.0. The van der Waals surface area contributed by atoms with Crippen molar-refractivity contribution < 1.29 is 18.4 Å². The molecule has 2 aromatic rings. The third-order valence-corrected chi connectivity index (χ3v) is 5.52. The van der Waals surface area contributed by atoms with Gasteiger partial charge in [0.15, 0.2) is 11.6 Å². The zero-order chi connectivity index (χ0) is 21.4. The second kappa shape index (κ2) is 7.85. The molecule has 2 aliphatic rings. The zero-order valence-electron chi connectivity index (χ0n) is 16.3. The molecular weight excluding hydrogens is 396 g/mol. The van der Waals surface area contributed by atoms with Crippen LogP contribution in [0.25, 0.3) is 0 Å². The predicted molar refractivity (Wildman–Crippen MR) is 106 cm³/mol. The van der Waals surface area contributed by atoms with E-state index in [0.29, 0.717) is 5.95 Å². The average molecular weight is 417 g/mol. The number of halogens is 2. The summed E-state index contributed by atoms with van der Waals surface area (Å²) in [4.78, 5) is 46.9. The topological polar surface area (TPSA) is 107 Å². The first kappa shape index (κ1) is 20.0. The number of benzene rings is 1. The lowest BCUT2D eigenvalue weighted by molar-refractivity contribution is -0.123. The molecule has 2 aliphatic heterocycles. The van der Waals surface area contributed by atoms with Gasteiger partial charge in [-0.05, 0) is 38.3 Å². The van der Waals surface area contributed by atoms with Crippen molar-refractivity contribution in [2.45, 2.75) is 44.6 Å². The summed E-state index contributed by atoms with van der Waals surface area (Å²) in [6.07, 6.45) is 2.77. The number of nitrogens with zero attached hydrogens (tertiary/aromatic N) is 2. The van der Waals surface area contributed by atoms with Gasteiger partial charge in [0.1, 0.15) is 5.82 Å². The predicted octanol–water partition coefficient (Wildman–Crippen LogP) is 2.49. The molecule has 0 saturated carbocycles. The maximum Gasteiger partial charge on any atom is 0.258 e. The van der Waals surface area contributed by atoms with Crippen LogP contribution in [0.2, 0.25) is 0 Å². The third-order valence-electron chi connectivity index (χ3n) is 5.52. The molecule has 8 nitrogen and oxygen atoms in total. The monoisotopic (exact) mass is 417 g/mol. The van der Waals surface area contributed by atoms with Gasteiger partial charge in [0.05, 0.1) is 11.5 Å². The van der Waals surface area contributed by atoms with Crippen LogP contribution in [0.3, 0.4) is 0 Å². The number of nitrogens with one attached hydrogen (secondary N) is 3. The van der Waals surface area contributed by atoms with Gasteiger partial charge in [-0.25, -0.2) is 8.78 Å². The van der Waals surface area contributed by atoms with Crippen LogP contribution < -0.4 is 21.1 Å². The smallest absolute Gasteiger partial charge is 0.258 e. The van der Waals surface area contributed by atoms with E-state index < -0.39 is 34.9 Å². The molecule has 0 unspecified atom stereocenters. The summed E-state index contributed by atoms with van der Waals surface area (Å²) in [6, 6.07) is 3.10. The van der Waals surface area contributed by atoms with E-state index in [4.69, 9.17) is 0 Å². The Labute approximate surface area is 170 Å². The van der Waals surface area contributed by atoms with Crippen LogP contribution in [0.1, 0.15) is 44.1 Å². The molecule has 2 atom stereocenters. The van der Waals surface area contributed by atoms with Crippen LogP contribution in [-0.2, 0) is 9.59 Å². The average Bonchev–Trinajstić information content (AvgIpc) is 2.70. The molecular formula is C20H21F2N5O3. The zero-order valence-corrected chi connectivity index (χ0v) is 16.3. The molecule has 3 heterocycles. The van der Waals surface area contributed by atoms with Crippen LogP contribution in [0.15, 0.2) is 23.0 Å². The molecule has 158 valence electrons. The molecule has 3 N–H and O–H groups in total. The van der Waals surface area contributed by atoms with Crippen molar-refractivity contribution in [3.05, 3.63) is 45.8 Å². The minimum absolute atomic E-state index is 0.0228. The van der Waals surface area contributed by atoms with Gasteiger partial charge in [0.2, 0.25) is 17.8 Å². The Hall–Kier alpha value is -3.30. The lowest BCUT2D eigenvalue weighted by atomic mass is 9.92. The summed E-state index contributed by atoms with van der Waals surface area (Å²) >= 11 is 0. The Bertz CT molecular complexity index is 1070. The highest BCUT2D eigenvalue weighted by Crippen LogP contribution is 2.31. The first-order valence-corrected chi connectivity index (χ1v) is 9.80. The Kier molecular flexibility index (Phi) is 5.23. The second-order valence-corrected chi connectivity index (χ2v) is 7.61. The number of carbonyl (C=O) groups is 2. The molecule has 0 bridgehead atoms. The summed E-state index contributed by atoms with van der Waals surface area (Å²) in [5.41, 5.74) is -0.448. The molecule has 4 rings (SSSR count). The van der Waals surface area contributed by atoms with Gasteiger partial charge in [-0.2, -0.15) is 4.98 Å². The Balaban J connectivity index is 1.65. The standard InChI is InChI=1S/C20H21F2N5O3/c1-10-4-2-3-7-27(10)20-25-17-16(19(30)26-20)12(9-15(28)24-17)18(29)23-11-5-6-13(21)14(22)8-11/h5-6,8,10,12H,2-4,7,9H2,1H3,(H,23,29)(H2,24,25,26,28,30)/t10-,12+/m1/s1. The maximum atomic E-state index is 13.4. The van der Waals surface area contributed by atoms with E-state index in [-0.39, 0.29) is 29.5 Å². The van der Waals surface area contributed by atoms with Gasteiger partial charge in [0, 0.05) is 30.8 Å². The number of H-pyrrole nitrogens is 1. The fourth-order valence-corrected chi connectivity index (χ4v) is 3.94. The number of amides is 2. The maximum absolute atomic E-state index is 13.4. The van der Waals surface area contributed by atoms with Gasteiger partial charge in [-0.1, -0.05) is 0 Å². The van der Waals surface area contributed by atoms with E-state index >= 15 is 0 Å². The molecule has 10 heteroatoms. The first-order chi connectivity index (χ1) is 14.3. The van der Waals surface area contributed by atoms with Crippen LogP contribution >= 0.6 is 0 Å². The molecule has 1 saturated heterocycles. The van der Waals surface area contributed by atoms with Gasteiger partial charge < -0.3 is 15.5 Å². The van der Waals surface area contributed by atoms with E-state index in [2.05, 4.69) is 20.6 Å². The fraction of sp³-hybridized carbons (Fsp3) is 0.400. The quantitative estimate of drug-likeness (QED) is 0.711. The summed E-state index contributed by atoms with van der Waals surface area (Å²) < 4.78 is 26.5. The number of rotatable bonds is 3. The lowest BCUT2D eigenvalue weighted by Crippen LogP contribution is -2.42. The minimum Gasteiger partial charge on any atom is -0.340 e. The number of fused-ring (bicyclic) bond motifs is 1. The minimum atomic E-state index is -1.12. The summed E-state index contributed by atoms with van der Waals surface area (Å²) in [7, 11) is 0. The van der Waals surface area contributed by atoms with E-state index in [1.807, 2.05) is 11.8 Å². The van der Waals surface area contributed by atoms with E-state index in [9.17, 15) is 23.2 Å². The van der Waals surface area contributed by atoms with E-state index in [1.165, 1.54) is 6.07 Å². The third kappa shape index (κ3) is 3.77. The number of carbonyl (C=O) groups excluding carboxylic acids is 2. The Morgan fingerprint density at radius 3 is 2.77 bits per heavy atom. The van der Waals surface area contributed by atoms with E-state index in [0.717, 1.165) is 37.9 Å². The number of piperidine rings is 1. The summed E-state index contributed by atoms with van der Waals surface area (Å²) in [6.45, 7) is 2.77. The Morgan fingerprint density at radius 2 is 2.03 bits per heavy atom. The molecule has 0 spiro atoms. The lowest BCUT2D eigenvalue weighted by Gasteiger charge is -2.34. The molecule has 1 aromatic heterocycles. The van der Waals surface area contributed by atoms with Crippen LogP contribution in [-0.4, -0.2) is 34.4 Å². The molecule has 0 radical (unpaired) electrons. The van der Waals surface area contributed by atoms with Crippen molar-refractivity contribution in [3.63, 3.8) is 0 Å². The molecule has 1 fully saturated rings. The highest BCUT2D eigenvalue weighted by Gasteiger charge is 2.35. The molecule has 2 amide bonds. The van der Waals surface area contributed by atoms with Crippen molar-refractivity contribution in [3.8, 4) is 0 Å². The molecule has 1 aromatic carbocycles. The van der Waals surface area contributed by atoms with Crippen LogP contribution in [0.4, 0.5) is 26.2 Å². The SMILES string of the molecule is C[C@@H]1CCCCN1c1nc2c(c(=O)[nH]1)[C@@H](C(=O)Nc1ccc(F)c(F)c1)CC(=O)N2. The van der Waals surface area contributed by atoms with Gasteiger partial charge in [-0.15, -0.1) is 0 Å². The molecule has 0 aliphatic carbocycles. The second-order valence-electron chi connectivity index (χ2n) is 7.61. The number of aromatic nitrogens is 2. The number of anilines is 3. The summed E-state index contributed by atoms with van der Waals surface area (Å²) in [5, 5.41) is 5.01.